The van der Waals surface area contributed by atoms with Crippen molar-refractivity contribution in [1.82, 2.24) is 4.90 Å². The number of carboxylic acid groups (broad SMARTS) is 1. The summed E-state index contributed by atoms with van der Waals surface area (Å²) in [4.78, 5) is 30.5. The van der Waals surface area contributed by atoms with Gasteiger partial charge in [-0.2, -0.15) is 0 Å². The van der Waals surface area contributed by atoms with E-state index >= 15 is 0 Å². The second-order valence-electron chi connectivity index (χ2n) is 7.80. The highest BCUT2D eigenvalue weighted by Crippen LogP contribution is 2.40. The predicted octanol–water partition coefficient (Wildman–Crippen LogP) is 7.28. The molecule has 1 fully saturated rings. The molecule has 4 rings (SSSR count). The summed E-state index contributed by atoms with van der Waals surface area (Å²) < 4.78 is 12.2. The number of aliphatic imine (C=N–C) groups is 1. The number of amides is 1. The molecule has 3 aromatic carbocycles. The van der Waals surface area contributed by atoms with Crippen molar-refractivity contribution >= 4 is 79.7 Å². The van der Waals surface area contributed by atoms with Gasteiger partial charge in [-0.1, -0.05) is 35.3 Å². The molecule has 37 heavy (non-hydrogen) atoms. The summed E-state index contributed by atoms with van der Waals surface area (Å²) in [5, 5.41) is 10.6. The zero-order valence-electron chi connectivity index (χ0n) is 19.5. The number of hydrogen-bond acceptors (Lipinski definition) is 6. The number of benzene rings is 3. The molecule has 1 amide bonds. The van der Waals surface area contributed by atoms with Gasteiger partial charge in [0, 0.05) is 7.05 Å². The Kier molecular flexibility index (Phi) is 8.49. The molecule has 1 heterocycles. The second-order valence-corrected chi connectivity index (χ2v) is 10.5. The Labute approximate surface area is 235 Å². The summed E-state index contributed by atoms with van der Waals surface area (Å²) >= 11 is 16.8. The number of ether oxygens (including phenoxy) is 2. The summed E-state index contributed by atoms with van der Waals surface area (Å²) in [7, 11) is 3.15. The number of hydrogen-bond donors (Lipinski definition) is 1. The number of aromatic carboxylic acids is 1. The van der Waals surface area contributed by atoms with Crippen LogP contribution in [0.2, 0.25) is 10.0 Å². The topological polar surface area (TPSA) is 88.4 Å². The van der Waals surface area contributed by atoms with Crippen molar-refractivity contribution in [3.05, 3.63) is 90.7 Å². The summed E-state index contributed by atoms with van der Waals surface area (Å²) in [5.74, 6) is -0.300. The van der Waals surface area contributed by atoms with Gasteiger partial charge in [-0.05, 0) is 87.4 Å². The number of rotatable bonds is 7. The minimum atomic E-state index is -1.05. The van der Waals surface area contributed by atoms with Crippen LogP contribution in [-0.4, -0.2) is 41.2 Å². The van der Waals surface area contributed by atoms with Crippen molar-refractivity contribution in [2.24, 2.45) is 4.99 Å². The van der Waals surface area contributed by atoms with Gasteiger partial charge < -0.3 is 14.6 Å². The van der Waals surface area contributed by atoms with E-state index in [0.717, 1.165) is 5.56 Å². The van der Waals surface area contributed by atoms with Crippen molar-refractivity contribution in [2.75, 3.05) is 14.2 Å². The van der Waals surface area contributed by atoms with Crippen molar-refractivity contribution < 1.29 is 24.2 Å². The SMILES string of the molecule is COc1cc(/C=C2\SC(=Nc3cccc(C(=O)O)c3)N(C)C2=O)cc(Br)c1OCc1ccc(Cl)c(Cl)c1. The Balaban J connectivity index is 1.57. The average molecular weight is 622 g/mol. The molecule has 0 unspecified atom stereocenters. The largest absolute Gasteiger partial charge is 0.493 e. The van der Waals surface area contributed by atoms with Crippen LogP contribution in [0.3, 0.4) is 0 Å². The maximum Gasteiger partial charge on any atom is 0.335 e. The number of nitrogens with zero attached hydrogens (tertiary/aromatic N) is 2. The molecule has 0 bridgehead atoms. The highest BCUT2D eigenvalue weighted by molar-refractivity contribution is 9.10. The predicted molar refractivity (Wildman–Crippen MR) is 150 cm³/mol. The van der Waals surface area contributed by atoms with Gasteiger partial charge in [-0.25, -0.2) is 9.79 Å². The molecule has 7 nitrogen and oxygen atoms in total. The van der Waals surface area contributed by atoms with E-state index in [1.807, 2.05) is 12.1 Å². The number of carbonyl (C=O) groups excluding carboxylic acids is 1. The highest BCUT2D eigenvalue weighted by Gasteiger charge is 2.30. The standard InChI is InChI=1S/C26H19BrCl2N2O5S/c1-31-24(32)22(37-26(31)30-17-5-3-4-16(12-17)25(33)34)11-15-8-18(27)23(21(10-15)35-2)36-13-14-6-7-19(28)20(29)9-14/h3-12H,13H2,1-2H3,(H,33,34)/b22-11-,30-26?. The molecule has 0 saturated carbocycles. The number of carboxylic acids is 1. The van der Waals surface area contributed by atoms with Gasteiger partial charge in [0.25, 0.3) is 5.91 Å². The van der Waals surface area contributed by atoms with Gasteiger partial charge in [0.15, 0.2) is 16.7 Å². The monoisotopic (exact) mass is 620 g/mol. The van der Waals surface area contributed by atoms with Crippen molar-refractivity contribution in [1.29, 1.82) is 0 Å². The third-order valence-electron chi connectivity index (χ3n) is 5.24. The van der Waals surface area contributed by atoms with E-state index < -0.39 is 5.97 Å². The summed E-state index contributed by atoms with van der Waals surface area (Å²) in [5.41, 5.74) is 2.11. The Hall–Kier alpha value is -2.98. The second kappa shape index (κ2) is 11.6. The van der Waals surface area contributed by atoms with Crippen LogP contribution in [0.5, 0.6) is 11.5 Å². The first kappa shape index (κ1) is 27.1. The fourth-order valence-corrected chi connectivity index (χ4v) is 5.25. The van der Waals surface area contributed by atoms with Crippen molar-refractivity contribution in [3.63, 3.8) is 0 Å². The van der Waals surface area contributed by atoms with Gasteiger partial charge in [-0.15, -0.1) is 0 Å². The Morgan fingerprint density at radius 1 is 1.16 bits per heavy atom. The van der Waals surface area contributed by atoms with E-state index in [1.165, 1.54) is 35.9 Å². The number of thioether (sulfide) groups is 1. The summed E-state index contributed by atoms with van der Waals surface area (Å²) in [6.07, 6.45) is 1.73. The Bertz CT molecular complexity index is 1460. The molecule has 1 N–H and O–H groups in total. The van der Waals surface area contributed by atoms with E-state index in [9.17, 15) is 14.7 Å². The lowest BCUT2D eigenvalue weighted by Crippen LogP contribution is -2.23. The normalized spacial score (nSPS) is 15.5. The lowest BCUT2D eigenvalue weighted by molar-refractivity contribution is -0.121. The zero-order chi connectivity index (χ0) is 26.7. The van der Waals surface area contributed by atoms with Gasteiger partial charge in [0.1, 0.15) is 6.61 Å². The maximum absolute atomic E-state index is 12.9. The third kappa shape index (κ3) is 6.30. The first-order valence-corrected chi connectivity index (χ1v) is 13.1. The van der Waals surface area contributed by atoms with E-state index in [-0.39, 0.29) is 18.1 Å². The molecule has 1 saturated heterocycles. The number of methoxy groups -OCH3 is 1. The fourth-order valence-electron chi connectivity index (χ4n) is 3.37. The van der Waals surface area contributed by atoms with Crippen molar-refractivity contribution in [2.45, 2.75) is 6.61 Å². The molecule has 190 valence electrons. The molecule has 1 aliphatic heterocycles. The first-order valence-electron chi connectivity index (χ1n) is 10.7. The van der Waals surface area contributed by atoms with Crippen LogP contribution in [0.25, 0.3) is 6.08 Å². The van der Waals surface area contributed by atoms with Crippen LogP contribution < -0.4 is 9.47 Å². The molecule has 0 radical (unpaired) electrons. The molecule has 11 heteroatoms. The molecule has 0 aliphatic carbocycles. The maximum atomic E-state index is 12.9. The molecular formula is C26H19BrCl2N2O5S. The highest BCUT2D eigenvalue weighted by atomic mass is 79.9. The molecule has 0 aromatic heterocycles. The van der Waals surface area contributed by atoms with Crippen LogP contribution in [0.1, 0.15) is 21.5 Å². The number of halogens is 3. The quantitative estimate of drug-likeness (QED) is 0.279. The van der Waals surface area contributed by atoms with Gasteiger partial charge in [-0.3, -0.25) is 9.69 Å². The number of likely N-dealkylation sites (N-methyl/N-ethyl adjacent to an activating group) is 1. The van der Waals surface area contributed by atoms with E-state index in [1.54, 1.807) is 43.5 Å². The number of carbonyl (C=O) groups is 2. The smallest absolute Gasteiger partial charge is 0.335 e. The Morgan fingerprint density at radius 3 is 2.65 bits per heavy atom. The van der Waals surface area contributed by atoms with E-state index in [0.29, 0.717) is 47.3 Å². The van der Waals surface area contributed by atoms with Crippen molar-refractivity contribution in [3.8, 4) is 11.5 Å². The number of amidine groups is 1. The van der Waals surface area contributed by atoms with Gasteiger partial charge in [0.05, 0.1) is 37.8 Å². The average Bonchev–Trinajstić information content (AvgIpc) is 3.12. The fraction of sp³-hybridized carbons (Fsp3) is 0.115. The summed E-state index contributed by atoms with van der Waals surface area (Å²) in [6.45, 7) is 0.244. The Morgan fingerprint density at radius 2 is 1.95 bits per heavy atom. The van der Waals surface area contributed by atoms with Gasteiger partial charge >= 0.3 is 5.97 Å². The molecule has 3 aromatic rings. The van der Waals surface area contributed by atoms with Gasteiger partial charge in [0.2, 0.25) is 0 Å². The lowest BCUT2D eigenvalue weighted by atomic mass is 10.1. The van der Waals surface area contributed by atoms with Crippen LogP contribution >= 0.6 is 50.9 Å². The summed E-state index contributed by atoms with van der Waals surface area (Å²) in [6, 6.07) is 15.1. The third-order valence-corrected chi connectivity index (χ3v) is 7.63. The van der Waals surface area contributed by atoms with E-state index in [4.69, 9.17) is 32.7 Å². The van der Waals surface area contributed by atoms with Crippen LogP contribution in [-0.2, 0) is 11.4 Å². The minimum Gasteiger partial charge on any atom is -0.493 e. The van der Waals surface area contributed by atoms with Crippen LogP contribution in [0.4, 0.5) is 5.69 Å². The molecular weight excluding hydrogens is 603 g/mol. The zero-order valence-corrected chi connectivity index (χ0v) is 23.4. The minimum absolute atomic E-state index is 0.119. The molecule has 1 aliphatic rings. The lowest BCUT2D eigenvalue weighted by Gasteiger charge is -2.14. The molecule has 0 spiro atoms. The van der Waals surface area contributed by atoms with Crippen LogP contribution in [0, 0.1) is 0 Å². The molecule has 0 atom stereocenters. The first-order chi connectivity index (χ1) is 17.7. The van der Waals surface area contributed by atoms with Crippen LogP contribution in [0.15, 0.2) is 69.0 Å². The van der Waals surface area contributed by atoms with E-state index in [2.05, 4.69) is 20.9 Å².